The van der Waals surface area contributed by atoms with Crippen LogP contribution in [0.3, 0.4) is 0 Å². The van der Waals surface area contributed by atoms with Crippen LogP contribution in [0.1, 0.15) is 31.2 Å². The van der Waals surface area contributed by atoms with Crippen molar-refractivity contribution in [1.29, 1.82) is 0 Å². The molecule has 6 heterocycles. The molecule has 6 aromatic rings. The van der Waals surface area contributed by atoms with Crippen molar-refractivity contribution in [2.24, 2.45) is 5.92 Å². The molecule has 1 saturated carbocycles. The normalized spacial score (nSPS) is 14.2. The number of nitrogens with zero attached hydrogens (tertiary/aromatic N) is 5. The first kappa shape index (κ1) is 23.1. The van der Waals surface area contributed by atoms with Crippen LogP contribution in [0.5, 0.6) is 0 Å². The maximum absolute atomic E-state index is 16.1. The summed E-state index contributed by atoms with van der Waals surface area (Å²) in [6, 6.07) is 5.93. The van der Waals surface area contributed by atoms with Crippen molar-refractivity contribution in [3.8, 4) is 33.9 Å². The number of aromatic nitrogens is 7. The summed E-state index contributed by atoms with van der Waals surface area (Å²) in [6.45, 7) is 1.69. The summed E-state index contributed by atoms with van der Waals surface area (Å²) in [5.74, 6) is 0.734. The molecule has 1 aliphatic rings. The van der Waals surface area contributed by atoms with Gasteiger partial charge in [0, 0.05) is 36.3 Å². The molecule has 0 spiro atoms. The second-order valence-corrected chi connectivity index (χ2v) is 10.6. The third-order valence-corrected chi connectivity index (χ3v) is 7.97. The summed E-state index contributed by atoms with van der Waals surface area (Å²) in [5, 5.41) is 15.2. The molecular formula is C28H25FN8S. The standard InChI is InChI=1S/C28H25FN8S/c29-23-22-21(14-33-24(23)19-9-17(12-31-13-19)11-30-10-16-3-1-2-4-16)36-37-26(22)28-34-25-20(18-6-8-38-15-18)5-7-32-27(25)35-28/h5-9,12-16,30H,1-4,10-11H2,(H,36,37)(H,32,34,35). The van der Waals surface area contributed by atoms with Gasteiger partial charge in [0.15, 0.2) is 17.3 Å². The van der Waals surface area contributed by atoms with Crippen LogP contribution in [0.25, 0.3) is 56.0 Å². The molecule has 0 unspecified atom stereocenters. The number of H-pyrrole nitrogens is 2. The number of hydrogen-bond acceptors (Lipinski definition) is 7. The van der Waals surface area contributed by atoms with E-state index >= 15 is 4.39 Å². The van der Waals surface area contributed by atoms with E-state index in [1.54, 1.807) is 29.9 Å². The van der Waals surface area contributed by atoms with Gasteiger partial charge in [-0.2, -0.15) is 16.4 Å². The Morgan fingerprint density at radius 1 is 1.05 bits per heavy atom. The number of aromatic amines is 2. The molecule has 190 valence electrons. The maximum Gasteiger partial charge on any atom is 0.161 e. The molecular weight excluding hydrogens is 499 g/mol. The number of thiophene rings is 1. The van der Waals surface area contributed by atoms with E-state index in [1.165, 1.54) is 25.7 Å². The van der Waals surface area contributed by atoms with Crippen molar-refractivity contribution in [2.75, 3.05) is 6.54 Å². The van der Waals surface area contributed by atoms with E-state index < -0.39 is 5.82 Å². The van der Waals surface area contributed by atoms with E-state index in [1.807, 2.05) is 29.8 Å². The molecule has 0 aromatic carbocycles. The molecule has 10 heteroatoms. The fraction of sp³-hybridized carbons (Fsp3) is 0.250. The zero-order valence-electron chi connectivity index (χ0n) is 20.5. The van der Waals surface area contributed by atoms with E-state index in [2.05, 4.69) is 40.8 Å². The predicted octanol–water partition coefficient (Wildman–Crippen LogP) is 6.11. The summed E-state index contributed by atoms with van der Waals surface area (Å²) in [6.07, 6.45) is 12.1. The number of halogens is 1. The summed E-state index contributed by atoms with van der Waals surface area (Å²) < 4.78 is 16.1. The first-order valence-electron chi connectivity index (χ1n) is 12.8. The van der Waals surface area contributed by atoms with Gasteiger partial charge in [-0.3, -0.25) is 15.1 Å². The van der Waals surface area contributed by atoms with Crippen LogP contribution < -0.4 is 5.32 Å². The van der Waals surface area contributed by atoms with Gasteiger partial charge < -0.3 is 10.3 Å². The van der Waals surface area contributed by atoms with Crippen LogP contribution in [0.15, 0.2) is 53.7 Å². The third-order valence-electron chi connectivity index (χ3n) is 7.29. The Hall–Kier alpha value is -4.02. The van der Waals surface area contributed by atoms with E-state index in [9.17, 15) is 0 Å². The number of nitrogens with one attached hydrogen (secondary N) is 3. The monoisotopic (exact) mass is 524 g/mol. The highest BCUT2D eigenvalue weighted by Crippen LogP contribution is 2.34. The van der Waals surface area contributed by atoms with E-state index in [0.29, 0.717) is 45.7 Å². The smallest absolute Gasteiger partial charge is 0.161 e. The van der Waals surface area contributed by atoms with Crippen molar-refractivity contribution < 1.29 is 4.39 Å². The quantitative estimate of drug-likeness (QED) is 0.233. The summed E-state index contributed by atoms with van der Waals surface area (Å²) in [5.41, 5.74) is 6.11. The van der Waals surface area contributed by atoms with Gasteiger partial charge in [-0.15, -0.1) is 0 Å². The average Bonchev–Trinajstić information content (AvgIpc) is 3.75. The van der Waals surface area contributed by atoms with Crippen molar-refractivity contribution in [2.45, 2.75) is 32.2 Å². The molecule has 0 bridgehead atoms. The Kier molecular flexibility index (Phi) is 5.90. The predicted molar refractivity (Wildman–Crippen MR) is 147 cm³/mol. The van der Waals surface area contributed by atoms with Crippen molar-refractivity contribution in [3.63, 3.8) is 0 Å². The van der Waals surface area contributed by atoms with Crippen LogP contribution in [0, 0.1) is 11.7 Å². The Balaban J connectivity index is 1.23. The van der Waals surface area contributed by atoms with Crippen molar-refractivity contribution >= 4 is 33.4 Å². The highest BCUT2D eigenvalue weighted by Gasteiger charge is 2.22. The zero-order chi connectivity index (χ0) is 25.5. The molecule has 0 saturated heterocycles. The highest BCUT2D eigenvalue weighted by atomic mass is 32.1. The Morgan fingerprint density at radius 3 is 2.84 bits per heavy atom. The first-order chi connectivity index (χ1) is 18.7. The molecule has 0 atom stereocenters. The minimum Gasteiger partial charge on any atom is -0.321 e. The van der Waals surface area contributed by atoms with E-state index in [0.717, 1.165) is 29.2 Å². The van der Waals surface area contributed by atoms with Gasteiger partial charge in [-0.05, 0) is 65.4 Å². The summed E-state index contributed by atoms with van der Waals surface area (Å²) >= 11 is 1.62. The molecule has 6 aromatic heterocycles. The second kappa shape index (κ2) is 9.70. The average molecular weight is 525 g/mol. The van der Waals surface area contributed by atoms with Crippen molar-refractivity contribution in [1.82, 2.24) is 40.4 Å². The van der Waals surface area contributed by atoms with E-state index in [4.69, 9.17) is 4.98 Å². The Morgan fingerprint density at radius 2 is 1.97 bits per heavy atom. The number of fused-ring (bicyclic) bond motifs is 2. The minimum absolute atomic E-state index is 0.235. The largest absolute Gasteiger partial charge is 0.321 e. The number of hydrogen-bond donors (Lipinski definition) is 3. The van der Waals surface area contributed by atoms with Gasteiger partial charge in [0.2, 0.25) is 0 Å². The summed E-state index contributed by atoms with van der Waals surface area (Å²) in [4.78, 5) is 21.2. The number of pyridine rings is 3. The van der Waals surface area contributed by atoms with Crippen LogP contribution in [-0.2, 0) is 6.54 Å². The van der Waals surface area contributed by atoms with Crippen LogP contribution in [0.4, 0.5) is 4.39 Å². The molecule has 1 fully saturated rings. The third kappa shape index (κ3) is 4.15. The number of rotatable bonds is 7. The lowest BCUT2D eigenvalue weighted by Crippen LogP contribution is -2.20. The lowest BCUT2D eigenvalue weighted by Gasteiger charge is -2.11. The zero-order valence-corrected chi connectivity index (χ0v) is 21.4. The first-order valence-corrected chi connectivity index (χ1v) is 13.7. The van der Waals surface area contributed by atoms with Crippen LogP contribution in [0.2, 0.25) is 0 Å². The van der Waals surface area contributed by atoms with Gasteiger partial charge in [0.05, 0.1) is 17.1 Å². The lowest BCUT2D eigenvalue weighted by atomic mass is 10.1. The number of imidazole rings is 1. The Bertz CT molecular complexity index is 1730. The topological polar surface area (TPSA) is 108 Å². The van der Waals surface area contributed by atoms with Gasteiger partial charge >= 0.3 is 0 Å². The van der Waals surface area contributed by atoms with E-state index in [-0.39, 0.29) is 5.69 Å². The van der Waals surface area contributed by atoms with Crippen LogP contribution >= 0.6 is 11.3 Å². The fourth-order valence-corrected chi connectivity index (χ4v) is 6.03. The van der Waals surface area contributed by atoms with Gasteiger partial charge in [0.1, 0.15) is 16.9 Å². The SMILES string of the molecule is Fc1c(-c2cncc(CNCC3CCCC3)c2)ncc2[nH]nc(-c3nc4c(-c5ccsc5)ccnc4[nH]3)c12. The summed E-state index contributed by atoms with van der Waals surface area (Å²) in [7, 11) is 0. The molecule has 38 heavy (non-hydrogen) atoms. The van der Waals surface area contributed by atoms with Crippen LogP contribution in [-0.4, -0.2) is 41.7 Å². The molecule has 3 N–H and O–H groups in total. The minimum atomic E-state index is -0.462. The van der Waals surface area contributed by atoms with Crippen molar-refractivity contribution in [3.05, 3.63) is 65.1 Å². The van der Waals surface area contributed by atoms with Gasteiger partial charge in [-0.1, -0.05) is 12.8 Å². The molecule has 0 aliphatic heterocycles. The highest BCUT2D eigenvalue weighted by molar-refractivity contribution is 7.08. The molecule has 0 amide bonds. The molecule has 1 aliphatic carbocycles. The van der Waals surface area contributed by atoms with Gasteiger partial charge in [-0.25, -0.2) is 14.4 Å². The molecule has 7 rings (SSSR count). The maximum atomic E-state index is 16.1. The lowest BCUT2D eigenvalue weighted by molar-refractivity contribution is 0.489. The fourth-order valence-electron chi connectivity index (χ4n) is 5.37. The van der Waals surface area contributed by atoms with Gasteiger partial charge in [0.25, 0.3) is 0 Å². The molecule has 8 nitrogen and oxygen atoms in total. The molecule has 0 radical (unpaired) electrons. The second-order valence-electron chi connectivity index (χ2n) is 9.80. The Labute approximate surface area is 221 Å².